The number of aryl methyl sites for hydroxylation is 3. The number of rotatable bonds is 5. The molecule has 1 aliphatic heterocycles. The number of nitrogens with zero attached hydrogens (tertiary/aromatic N) is 3. The van der Waals surface area contributed by atoms with Gasteiger partial charge in [0.25, 0.3) is 0 Å². The summed E-state index contributed by atoms with van der Waals surface area (Å²) in [7, 11) is 0. The van der Waals surface area contributed by atoms with E-state index in [9.17, 15) is 10.1 Å². The van der Waals surface area contributed by atoms with Gasteiger partial charge in [-0.3, -0.25) is 4.79 Å². The van der Waals surface area contributed by atoms with Gasteiger partial charge in [-0.1, -0.05) is 11.8 Å². The number of carbonyl (C=O) groups is 1. The molecule has 0 unspecified atom stereocenters. The van der Waals surface area contributed by atoms with Crippen molar-refractivity contribution in [2.75, 3.05) is 29.1 Å². The molecule has 1 aromatic carbocycles. The number of pyridine rings is 1. The van der Waals surface area contributed by atoms with E-state index in [2.05, 4.69) is 28.4 Å². The molecule has 2 aliphatic rings. The van der Waals surface area contributed by atoms with E-state index in [1.165, 1.54) is 35.9 Å². The molecular formula is C23H26N4OS. The highest BCUT2D eigenvalue weighted by molar-refractivity contribution is 8.00. The predicted octanol–water partition coefficient (Wildman–Crippen LogP) is 4.47. The number of thioether (sulfide) groups is 1. The van der Waals surface area contributed by atoms with Crippen molar-refractivity contribution in [1.82, 2.24) is 4.98 Å². The third kappa shape index (κ3) is 4.56. The van der Waals surface area contributed by atoms with E-state index in [0.717, 1.165) is 55.7 Å². The van der Waals surface area contributed by atoms with Gasteiger partial charge >= 0.3 is 0 Å². The van der Waals surface area contributed by atoms with Crippen LogP contribution in [0.4, 0.5) is 11.4 Å². The minimum atomic E-state index is -0.0737. The summed E-state index contributed by atoms with van der Waals surface area (Å²) in [4.78, 5) is 19.6. The SMILES string of the molecule is Cc1cc(N2CCCC2)ccc1NC(=O)CSc1nc2c(cc1C#N)CCCC2. The summed E-state index contributed by atoms with van der Waals surface area (Å²) in [5, 5.41) is 13.1. The molecule has 1 fully saturated rings. The molecule has 1 saturated heterocycles. The van der Waals surface area contributed by atoms with Crippen LogP contribution in [0.5, 0.6) is 0 Å². The highest BCUT2D eigenvalue weighted by atomic mass is 32.2. The van der Waals surface area contributed by atoms with E-state index < -0.39 is 0 Å². The molecule has 0 atom stereocenters. The second kappa shape index (κ2) is 8.87. The van der Waals surface area contributed by atoms with Crippen molar-refractivity contribution < 1.29 is 4.79 Å². The first-order chi connectivity index (χ1) is 14.1. The first-order valence-corrected chi connectivity index (χ1v) is 11.3. The van der Waals surface area contributed by atoms with E-state index in [1.54, 1.807) is 0 Å². The number of aromatic nitrogens is 1. The second-order valence-electron chi connectivity index (χ2n) is 7.80. The van der Waals surface area contributed by atoms with Crippen molar-refractivity contribution >= 4 is 29.0 Å². The number of fused-ring (bicyclic) bond motifs is 1. The van der Waals surface area contributed by atoms with Crippen LogP contribution in [0.15, 0.2) is 29.3 Å². The summed E-state index contributed by atoms with van der Waals surface area (Å²) in [6.07, 6.45) is 6.75. The third-order valence-corrected chi connectivity index (χ3v) is 6.67. The van der Waals surface area contributed by atoms with Gasteiger partial charge in [-0.05, 0) is 80.8 Å². The highest BCUT2D eigenvalue weighted by Gasteiger charge is 2.17. The summed E-state index contributed by atoms with van der Waals surface area (Å²) in [6.45, 7) is 4.24. The number of hydrogen-bond acceptors (Lipinski definition) is 5. The van der Waals surface area contributed by atoms with Crippen LogP contribution in [0.3, 0.4) is 0 Å². The molecule has 0 spiro atoms. The van der Waals surface area contributed by atoms with Crippen LogP contribution >= 0.6 is 11.8 Å². The van der Waals surface area contributed by atoms with E-state index in [1.807, 2.05) is 19.1 Å². The molecule has 0 saturated carbocycles. The van der Waals surface area contributed by atoms with Gasteiger partial charge < -0.3 is 10.2 Å². The van der Waals surface area contributed by atoms with E-state index in [-0.39, 0.29) is 11.7 Å². The molecule has 0 bridgehead atoms. The molecule has 1 amide bonds. The molecule has 1 aromatic heterocycles. The maximum absolute atomic E-state index is 12.5. The van der Waals surface area contributed by atoms with Crippen LogP contribution in [0, 0.1) is 18.3 Å². The Labute approximate surface area is 176 Å². The van der Waals surface area contributed by atoms with Crippen LogP contribution in [0.1, 0.15) is 48.1 Å². The van der Waals surface area contributed by atoms with E-state index in [4.69, 9.17) is 4.98 Å². The average molecular weight is 407 g/mol. The van der Waals surface area contributed by atoms with Crippen molar-refractivity contribution in [2.24, 2.45) is 0 Å². The van der Waals surface area contributed by atoms with Gasteiger partial charge in [0.05, 0.1) is 11.3 Å². The number of nitriles is 1. The zero-order valence-electron chi connectivity index (χ0n) is 16.8. The van der Waals surface area contributed by atoms with Crippen LogP contribution in [0.25, 0.3) is 0 Å². The van der Waals surface area contributed by atoms with Gasteiger partial charge in [-0.15, -0.1) is 0 Å². The lowest BCUT2D eigenvalue weighted by atomic mass is 9.95. The van der Waals surface area contributed by atoms with Gasteiger partial charge in [0.2, 0.25) is 5.91 Å². The highest BCUT2D eigenvalue weighted by Crippen LogP contribution is 2.28. The van der Waals surface area contributed by atoms with E-state index in [0.29, 0.717) is 10.6 Å². The molecule has 2 heterocycles. The molecule has 6 heteroatoms. The second-order valence-corrected chi connectivity index (χ2v) is 8.76. The predicted molar refractivity (Wildman–Crippen MR) is 118 cm³/mol. The minimum Gasteiger partial charge on any atom is -0.372 e. The first kappa shape index (κ1) is 19.8. The summed E-state index contributed by atoms with van der Waals surface area (Å²) >= 11 is 1.35. The zero-order valence-corrected chi connectivity index (χ0v) is 17.6. The Bertz CT molecular complexity index is 960. The molecule has 1 aliphatic carbocycles. The third-order valence-electron chi connectivity index (χ3n) is 5.68. The number of anilines is 2. The topological polar surface area (TPSA) is 69.0 Å². The largest absolute Gasteiger partial charge is 0.372 e. The number of amides is 1. The van der Waals surface area contributed by atoms with Crippen molar-refractivity contribution in [1.29, 1.82) is 5.26 Å². The minimum absolute atomic E-state index is 0.0737. The smallest absolute Gasteiger partial charge is 0.234 e. The van der Waals surface area contributed by atoms with Gasteiger partial charge in [0.1, 0.15) is 11.1 Å². The zero-order chi connectivity index (χ0) is 20.2. The molecular weight excluding hydrogens is 380 g/mol. The average Bonchev–Trinajstić information content (AvgIpc) is 3.28. The van der Waals surface area contributed by atoms with Gasteiger partial charge in [-0.2, -0.15) is 5.26 Å². The molecule has 2 aromatic rings. The summed E-state index contributed by atoms with van der Waals surface area (Å²) in [5.41, 5.74) is 6.00. The van der Waals surface area contributed by atoms with Crippen molar-refractivity contribution in [3.63, 3.8) is 0 Å². The fourth-order valence-corrected chi connectivity index (χ4v) is 4.86. The lowest BCUT2D eigenvalue weighted by Crippen LogP contribution is -2.18. The van der Waals surface area contributed by atoms with Crippen molar-refractivity contribution in [3.8, 4) is 6.07 Å². The van der Waals surface area contributed by atoms with Gasteiger partial charge in [0.15, 0.2) is 0 Å². The number of hydrogen-bond donors (Lipinski definition) is 1. The summed E-state index contributed by atoms with van der Waals surface area (Å²) in [5.74, 6) is 0.170. The Balaban J connectivity index is 1.40. The van der Waals surface area contributed by atoms with Crippen molar-refractivity contribution in [3.05, 3.63) is 46.6 Å². The number of benzene rings is 1. The lowest BCUT2D eigenvalue weighted by Gasteiger charge is -2.19. The lowest BCUT2D eigenvalue weighted by molar-refractivity contribution is -0.113. The fourth-order valence-electron chi connectivity index (χ4n) is 4.09. The van der Waals surface area contributed by atoms with Crippen LogP contribution in [0.2, 0.25) is 0 Å². The Morgan fingerprint density at radius 3 is 2.76 bits per heavy atom. The maximum Gasteiger partial charge on any atom is 0.234 e. The molecule has 150 valence electrons. The van der Waals surface area contributed by atoms with Crippen molar-refractivity contribution in [2.45, 2.75) is 50.5 Å². The standard InChI is InChI=1S/C23H26N4OS/c1-16-12-19(27-10-4-5-11-27)8-9-20(16)25-22(28)15-29-23-18(14-24)13-17-6-2-3-7-21(17)26-23/h8-9,12-13H,2-7,10-11,15H2,1H3,(H,25,28). The van der Waals surface area contributed by atoms with Crippen LogP contribution < -0.4 is 10.2 Å². The molecule has 1 N–H and O–H groups in total. The number of nitrogens with one attached hydrogen (secondary N) is 1. The Kier molecular flexibility index (Phi) is 6.05. The Morgan fingerprint density at radius 1 is 1.21 bits per heavy atom. The normalized spacial score (nSPS) is 15.7. The van der Waals surface area contributed by atoms with Gasteiger partial charge in [-0.25, -0.2) is 4.98 Å². The fraction of sp³-hybridized carbons (Fsp3) is 0.435. The van der Waals surface area contributed by atoms with Crippen LogP contribution in [-0.4, -0.2) is 29.7 Å². The molecule has 5 nitrogen and oxygen atoms in total. The molecule has 0 radical (unpaired) electrons. The van der Waals surface area contributed by atoms with Crippen LogP contribution in [-0.2, 0) is 17.6 Å². The Morgan fingerprint density at radius 2 is 2.00 bits per heavy atom. The molecule has 4 rings (SSSR count). The number of carbonyl (C=O) groups excluding carboxylic acids is 1. The maximum atomic E-state index is 12.5. The summed E-state index contributed by atoms with van der Waals surface area (Å²) < 4.78 is 0. The van der Waals surface area contributed by atoms with E-state index >= 15 is 0 Å². The monoisotopic (exact) mass is 406 g/mol. The quantitative estimate of drug-likeness (QED) is 0.742. The Hall–Kier alpha value is -2.52. The summed E-state index contributed by atoms with van der Waals surface area (Å²) in [6, 6.07) is 10.4. The first-order valence-electron chi connectivity index (χ1n) is 10.3. The molecule has 29 heavy (non-hydrogen) atoms. The van der Waals surface area contributed by atoms with Gasteiger partial charge in [0, 0.05) is 30.2 Å².